The molecule has 0 atom stereocenters. The lowest BCUT2D eigenvalue weighted by molar-refractivity contribution is -0.142. The summed E-state index contributed by atoms with van der Waals surface area (Å²) in [6, 6.07) is 5.70. The molecule has 0 fully saturated rings. The van der Waals surface area contributed by atoms with Gasteiger partial charge in [-0.25, -0.2) is 0 Å². The van der Waals surface area contributed by atoms with E-state index in [-0.39, 0.29) is 5.97 Å². The van der Waals surface area contributed by atoms with Crippen LogP contribution >= 0.6 is 31.9 Å². The van der Waals surface area contributed by atoms with E-state index in [1.807, 2.05) is 18.2 Å². The van der Waals surface area contributed by atoms with Gasteiger partial charge in [-0.1, -0.05) is 12.1 Å². The summed E-state index contributed by atoms with van der Waals surface area (Å²) in [5.41, 5.74) is 0.929. The van der Waals surface area contributed by atoms with E-state index in [0.29, 0.717) is 13.0 Å². The van der Waals surface area contributed by atoms with Crippen LogP contribution in [-0.2, 0) is 16.0 Å². The minimum Gasteiger partial charge on any atom is -0.466 e. The number of halogens is 2. The number of hydrogen-bond acceptors (Lipinski definition) is 2. The average Bonchev–Trinajstić information content (AvgIpc) is 2.13. The van der Waals surface area contributed by atoms with Crippen molar-refractivity contribution in [3.8, 4) is 0 Å². The van der Waals surface area contributed by atoms with Crippen LogP contribution in [-0.4, -0.2) is 12.6 Å². The van der Waals surface area contributed by atoms with E-state index < -0.39 is 0 Å². The van der Waals surface area contributed by atoms with E-state index in [1.54, 1.807) is 6.92 Å². The second kappa shape index (κ2) is 5.51. The first kappa shape index (κ1) is 11.7. The van der Waals surface area contributed by atoms with Gasteiger partial charge in [-0.05, 0) is 50.4 Å². The van der Waals surface area contributed by atoms with Crippen LogP contribution in [0.25, 0.3) is 0 Å². The number of carbonyl (C=O) groups excluding carboxylic acids is 1. The molecule has 0 heterocycles. The molecule has 0 saturated heterocycles. The topological polar surface area (TPSA) is 26.3 Å². The minimum absolute atomic E-state index is 0.202. The molecule has 0 unspecified atom stereocenters. The highest BCUT2D eigenvalue weighted by atomic mass is 79.9. The Bertz CT molecular complexity index is 337. The largest absolute Gasteiger partial charge is 0.466 e. The Labute approximate surface area is 99.9 Å². The van der Waals surface area contributed by atoms with Crippen molar-refractivity contribution in [1.82, 2.24) is 0 Å². The molecular weight excluding hydrogens is 312 g/mol. The van der Waals surface area contributed by atoms with Gasteiger partial charge in [0.1, 0.15) is 0 Å². The Morgan fingerprint density at radius 1 is 1.43 bits per heavy atom. The van der Waals surface area contributed by atoms with E-state index in [0.717, 1.165) is 14.5 Å². The standard InChI is InChI=1S/C10H10Br2O2/c1-2-14-9(13)6-7-4-3-5-8(11)10(7)12/h3-5H,2,6H2,1H3. The van der Waals surface area contributed by atoms with Gasteiger partial charge in [0.2, 0.25) is 0 Å². The quantitative estimate of drug-likeness (QED) is 0.798. The van der Waals surface area contributed by atoms with Crippen LogP contribution in [0.2, 0.25) is 0 Å². The molecule has 4 heteroatoms. The number of benzene rings is 1. The Morgan fingerprint density at radius 3 is 2.79 bits per heavy atom. The van der Waals surface area contributed by atoms with E-state index in [2.05, 4.69) is 31.9 Å². The van der Waals surface area contributed by atoms with Crippen molar-refractivity contribution in [1.29, 1.82) is 0 Å². The average molecular weight is 322 g/mol. The molecular formula is C10H10Br2O2. The molecule has 0 aromatic heterocycles. The van der Waals surface area contributed by atoms with Gasteiger partial charge in [-0.15, -0.1) is 0 Å². The summed E-state index contributed by atoms with van der Waals surface area (Å²) in [4.78, 5) is 11.2. The first-order valence-electron chi connectivity index (χ1n) is 4.23. The van der Waals surface area contributed by atoms with Crippen molar-refractivity contribution in [2.24, 2.45) is 0 Å². The summed E-state index contributed by atoms with van der Waals surface area (Å²) in [6.45, 7) is 2.22. The normalized spacial score (nSPS) is 9.93. The van der Waals surface area contributed by atoms with Gasteiger partial charge >= 0.3 is 5.97 Å². The first-order valence-corrected chi connectivity index (χ1v) is 5.82. The summed E-state index contributed by atoms with van der Waals surface area (Å²) < 4.78 is 6.72. The molecule has 1 aromatic carbocycles. The molecule has 0 spiro atoms. The lowest BCUT2D eigenvalue weighted by atomic mass is 10.1. The van der Waals surface area contributed by atoms with E-state index in [1.165, 1.54) is 0 Å². The summed E-state index contributed by atoms with van der Waals surface area (Å²) in [5.74, 6) is -0.202. The molecule has 2 nitrogen and oxygen atoms in total. The highest BCUT2D eigenvalue weighted by molar-refractivity contribution is 9.13. The zero-order valence-corrected chi connectivity index (χ0v) is 10.9. The van der Waals surface area contributed by atoms with Crippen molar-refractivity contribution in [2.75, 3.05) is 6.61 Å². The zero-order valence-electron chi connectivity index (χ0n) is 7.72. The fourth-order valence-corrected chi connectivity index (χ4v) is 1.86. The summed E-state index contributed by atoms with van der Waals surface area (Å²) in [7, 11) is 0. The second-order valence-electron chi connectivity index (χ2n) is 2.69. The fourth-order valence-electron chi connectivity index (χ4n) is 1.05. The summed E-state index contributed by atoms with van der Waals surface area (Å²) in [6.07, 6.45) is 0.299. The van der Waals surface area contributed by atoms with Crippen LogP contribution in [0.4, 0.5) is 0 Å². The first-order chi connectivity index (χ1) is 6.65. The van der Waals surface area contributed by atoms with Gasteiger partial charge in [0.05, 0.1) is 13.0 Å². The molecule has 0 saturated carbocycles. The molecule has 76 valence electrons. The minimum atomic E-state index is -0.202. The predicted octanol–water partition coefficient (Wildman–Crippen LogP) is 3.32. The number of hydrogen-bond donors (Lipinski definition) is 0. The SMILES string of the molecule is CCOC(=O)Cc1cccc(Br)c1Br. The molecule has 0 N–H and O–H groups in total. The molecule has 0 aliphatic carbocycles. The van der Waals surface area contributed by atoms with Crippen molar-refractivity contribution < 1.29 is 9.53 Å². The Kier molecular flexibility index (Phi) is 4.62. The van der Waals surface area contributed by atoms with Crippen LogP contribution in [0.1, 0.15) is 12.5 Å². The van der Waals surface area contributed by atoms with E-state index in [4.69, 9.17) is 4.74 Å². The summed E-state index contributed by atoms with van der Waals surface area (Å²) in [5, 5.41) is 0. The van der Waals surface area contributed by atoms with Crippen LogP contribution < -0.4 is 0 Å². The number of carbonyl (C=O) groups is 1. The van der Waals surface area contributed by atoms with Crippen LogP contribution in [0, 0.1) is 0 Å². The third-order valence-electron chi connectivity index (χ3n) is 1.67. The monoisotopic (exact) mass is 320 g/mol. The van der Waals surface area contributed by atoms with Gasteiger partial charge in [0, 0.05) is 8.95 Å². The van der Waals surface area contributed by atoms with Crippen molar-refractivity contribution in [2.45, 2.75) is 13.3 Å². The van der Waals surface area contributed by atoms with Gasteiger partial charge in [-0.3, -0.25) is 4.79 Å². The lowest BCUT2D eigenvalue weighted by Gasteiger charge is -2.05. The molecule has 0 bridgehead atoms. The van der Waals surface area contributed by atoms with Crippen molar-refractivity contribution in [3.05, 3.63) is 32.7 Å². The number of rotatable bonds is 3. The smallest absolute Gasteiger partial charge is 0.310 e. The van der Waals surface area contributed by atoms with Gasteiger partial charge < -0.3 is 4.74 Å². The number of esters is 1. The molecule has 1 rings (SSSR count). The van der Waals surface area contributed by atoms with Gasteiger partial charge in [0.15, 0.2) is 0 Å². The molecule has 0 radical (unpaired) electrons. The molecule has 0 amide bonds. The molecule has 1 aromatic rings. The second-order valence-corrected chi connectivity index (χ2v) is 4.34. The Morgan fingerprint density at radius 2 is 2.14 bits per heavy atom. The zero-order chi connectivity index (χ0) is 10.6. The maximum Gasteiger partial charge on any atom is 0.310 e. The maximum absolute atomic E-state index is 11.2. The summed E-state index contributed by atoms with van der Waals surface area (Å²) >= 11 is 6.78. The Hall–Kier alpha value is -0.350. The predicted molar refractivity (Wildman–Crippen MR) is 62.2 cm³/mol. The van der Waals surface area contributed by atoms with Crippen LogP contribution in [0.15, 0.2) is 27.1 Å². The molecule has 14 heavy (non-hydrogen) atoms. The number of ether oxygens (including phenoxy) is 1. The van der Waals surface area contributed by atoms with Crippen molar-refractivity contribution in [3.63, 3.8) is 0 Å². The highest BCUT2D eigenvalue weighted by Crippen LogP contribution is 2.26. The van der Waals surface area contributed by atoms with Crippen molar-refractivity contribution >= 4 is 37.8 Å². The maximum atomic E-state index is 11.2. The lowest BCUT2D eigenvalue weighted by Crippen LogP contribution is -2.07. The molecule has 0 aliphatic heterocycles. The van der Waals surface area contributed by atoms with Crippen LogP contribution in [0.5, 0.6) is 0 Å². The fraction of sp³-hybridized carbons (Fsp3) is 0.300. The molecule has 0 aliphatic rings. The van der Waals surface area contributed by atoms with Crippen LogP contribution in [0.3, 0.4) is 0 Å². The highest BCUT2D eigenvalue weighted by Gasteiger charge is 2.08. The third kappa shape index (κ3) is 3.10. The van der Waals surface area contributed by atoms with E-state index in [9.17, 15) is 4.79 Å². The Balaban J connectivity index is 2.76. The van der Waals surface area contributed by atoms with Gasteiger partial charge in [-0.2, -0.15) is 0 Å². The van der Waals surface area contributed by atoms with E-state index >= 15 is 0 Å². The van der Waals surface area contributed by atoms with Gasteiger partial charge in [0.25, 0.3) is 0 Å². The third-order valence-corrected chi connectivity index (χ3v) is 3.80.